The molecular formula is C39H55O3PY. The van der Waals surface area contributed by atoms with Gasteiger partial charge < -0.3 is 9.67 Å². The van der Waals surface area contributed by atoms with Crippen LogP contribution in [0.4, 0.5) is 0 Å². The standard InChI is InChI=1S/C22H25O2P.C17H30O.Y/c1-17-15-19(16-22(23)18(17)2)13-14-25(24,20-9-5-3-6-10-20)21-11-7-4-8-12-21;1-4-5-6-8-13(2)14-10-11-15-16(18)9-7-12-17(14,15)3;/h3-13,17,22-23H,2,14-16H2,1H3;13-15H,4-12H2,1-3H3;/b19-13-;;/t17-,22-;13-,14?,15-,17+;/m10./s1. The van der Waals surface area contributed by atoms with E-state index in [1.807, 2.05) is 60.7 Å². The van der Waals surface area contributed by atoms with Crippen LogP contribution >= 0.6 is 7.14 Å². The predicted molar refractivity (Wildman–Crippen MR) is 183 cm³/mol. The van der Waals surface area contributed by atoms with Crippen molar-refractivity contribution in [1.29, 1.82) is 0 Å². The molecule has 3 aliphatic carbocycles. The maximum absolute atomic E-state index is 14.0. The Hall–Kier alpha value is -1.12. The molecule has 2 aromatic rings. The molecule has 0 saturated heterocycles. The third-order valence-corrected chi connectivity index (χ3v) is 13.9. The molecule has 0 spiro atoms. The first-order valence-corrected chi connectivity index (χ1v) is 18.8. The maximum atomic E-state index is 14.0. The molecule has 3 fully saturated rings. The van der Waals surface area contributed by atoms with Gasteiger partial charge in [0.15, 0.2) is 0 Å². The number of aliphatic hydroxyl groups excluding tert-OH is 1. The Labute approximate surface area is 293 Å². The van der Waals surface area contributed by atoms with Gasteiger partial charge in [0.1, 0.15) is 12.9 Å². The fraction of sp³-hybridized carbons (Fsp3) is 0.564. The zero-order chi connectivity index (χ0) is 31.0. The molecule has 3 aliphatic rings. The molecule has 2 aromatic carbocycles. The Morgan fingerprint density at radius 3 is 2.20 bits per heavy atom. The van der Waals surface area contributed by atoms with Crippen molar-refractivity contribution < 1.29 is 47.2 Å². The predicted octanol–water partition coefficient (Wildman–Crippen LogP) is 9.26. The number of benzene rings is 2. The van der Waals surface area contributed by atoms with Gasteiger partial charge in [-0.2, -0.15) is 0 Å². The maximum Gasteiger partial charge on any atom is 0.146 e. The van der Waals surface area contributed by atoms with Crippen molar-refractivity contribution in [1.82, 2.24) is 0 Å². The minimum atomic E-state index is -2.73. The van der Waals surface area contributed by atoms with E-state index in [2.05, 4.69) is 40.3 Å². The van der Waals surface area contributed by atoms with Gasteiger partial charge in [-0.25, -0.2) is 0 Å². The number of rotatable bonds is 9. The Morgan fingerprint density at radius 1 is 1.02 bits per heavy atom. The summed E-state index contributed by atoms with van der Waals surface area (Å²) in [5.41, 5.74) is 2.44. The van der Waals surface area contributed by atoms with Crippen molar-refractivity contribution in [3.63, 3.8) is 0 Å². The van der Waals surface area contributed by atoms with E-state index >= 15 is 0 Å². The largest absolute Gasteiger partial charge is 0.388 e. The monoisotopic (exact) mass is 691 g/mol. The van der Waals surface area contributed by atoms with Crippen LogP contribution < -0.4 is 10.6 Å². The first kappa shape index (κ1) is 37.3. The van der Waals surface area contributed by atoms with E-state index in [1.165, 1.54) is 50.5 Å². The van der Waals surface area contributed by atoms with E-state index in [9.17, 15) is 14.5 Å². The molecule has 6 atom stereocenters. The van der Waals surface area contributed by atoms with E-state index in [0.29, 0.717) is 29.7 Å². The van der Waals surface area contributed by atoms with Crippen LogP contribution in [0.25, 0.3) is 0 Å². The van der Waals surface area contributed by atoms with Crippen LogP contribution in [0.3, 0.4) is 0 Å². The van der Waals surface area contributed by atoms with Gasteiger partial charge >= 0.3 is 0 Å². The fourth-order valence-corrected chi connectivity index (χ4v) is 10.8. The van der Waals surface area contributed by atoms with Gasteiger partial charge in [0.25, 0.3) is 0 Å². The average Bonchev–Trinajstić information content (AvgIpc) is 3.38. The quantitative estimate of drug-likeness (QED) is 0.162. The number of ketones is 1. The van der Waals surface area contributed by atoms with E-state index in [-0.39, 0.29) is 38.6 Å². The third-order valence-electron chi connectivity index (χ3n) is 11.0. The summed E-state index contributed by atoms with van der Waals surface area (Å²) < 4.78 is 14.0. The topological polar surface area (TPSA) is 54.4 Å². The molecule has 0 bridgehead atoms. The van der Waals surface area contributed by atoms with Gasteiger partial charge in [0, 0.05) is 61.8 Å². The second-order valence-electron chi connectivity index (χ2n) is 13.9. The molecule has 3 saturated carbocycles. The van der Waals surface area contributed by atoms with E-state index in [0.717, 1.165) is 47.3 Å². The van der Waals surface area contributed by atoms with E-state index in [1.54, 1.807) is 0 Å². The molecular weight excluding hydrogens is 636 g/mol. The number of carbonyl (C=O) groups excluding carboxylic acids is 1. The zero-order valence-corrected chi connectivity index (χ0v) is 31.5. The SMILES string of the molecule is C=C1[C@H](C)C/C(=C/CP(=O)(c2ccccc2)c2ccccc2)C[C@H]1O.CCCCC[C@H](C)C1CC[C@H]2C(=O)CCC[C@]12C.[Y]. The Morgan fingerprint density at radius 2 is 1.64 bits per heavy atom. The number of allylic oxidation sites excluding steroid dienone is 1. The molecule has 44 heavy (non-hydrogen) atoms. The number of unbranched alkanes of at least 4 members (excludes halogenated alkanes) is 2. The second kappa shape index (κ2) is 17.2. The average molecular weight is 692 g/mol. The van der Waals surface area contributed by atoms with Crippen molar-refractivity contribution in [3.8, 4) is 0 Å². The first-order valence-electron chi connectivity index (χ1n) is 16.9. The molecule has 5 rings (SSSR count). The van der Waals surface area contributed by atoms with Crippen LogP contribution in [0.1, 0.15) is 98.3 Å². The van der Waals surface area contributed by atoms with Crippen molar-refractivity contribution in [3.05, 3.63) is 84.5 Å². The third kappa shape index (κ3) is 8.82. The molecule has 237 valence electrons. The van der Waals surface area contributed by atoms with Crippen LogP contribution in [0.2, 0.25) is 0 Å². The van der Waals surface area contributed by atoms with Gasteiger partial charge in [0.05, 0.1) is 6.10 Å². The summed E-state index contributed by atoms with van der Waals surface area (Å²) >= 11 is 0. The van der Waals surface area contributed by atoms with Crippen LogP contribution in [0.5, 0.6) is 0 Å². The van der Waals surface area contributed by atoms with Gasteiger partial charge in [-0.3, -0.25) is 4.79 Å². The summed E-state index contributed by atoms with van der Waals surface area (Å²) in [5.74, 6) is 2.88. The Balaban J connectivity index is 0.000000247. The van der Waals surface area contributed by atoms with E-state index in [4.69, 9.17) is 0 Å². The molecule has 1 unspecified atom stereocenters. The fourth-order valence-electron chi connectivity index (χ4n) is 8.26. The molecule has 1 radical (unpaired) electrons. The van der Waals surface area contributed by atoms with Crippen LogP contribution in [0.15, 0.2) is 84.5 Å². The van der Waals surface area contributed by atoms with Crippen molar-refractivity contribution >= 4 is 23.5 Å². The molecule has 0 heterocycles. The number of hydrogen-bond acceptors (Lipinski definition) is 3. The Kier molecular flexibility index (Phi) is 14.6. The van der Waals surface area contributed by atoms with Gasteiger partial charge in [-0.1, -0.05) is 132 Å². The first-order chi connectivity index (χ1) is 20.6. The summed E-state index contributed by atoms with van der Waals surface area (Å²) in [4.78, 5) is 12.1. The zero-order valence-electron chi connectivity index (χ0n) is 27.7. The summed E-state index contributed by atoms with van der Waals surface area (Å²) in [6.45, 7) is 13.2. The smallest absolute Gasteiger partial charge is 0.146 e. The van der Waals surface area contributed by atoms with Gasteiger partial charge in [-0.05, 0) is 67.3 Å². The molecule has 1 N–H and O–H groups in total. The van der Waals surface area contributed by atoms with Crippen LogP contribution in [-0.4, -0.2) is 23.2 Å². The molecule has 0 aromatic heterocycles. The minimum Gasteiger partial charge on any atom is -0.388 e. The summed E-state index contributed by atoms with van der Waals surface area (Å²) in [6.07, 6.45) is 14.8. The van der Waals surface area contributed by atoms with Gasteiger partial charge in [-0.15, -0.1) is 0 Å². The minimum absolute atomic E-state index is 0. The number of fused-ring (bicyclic) bond motifs is 1. The number of carbonyl (C=O) groups is 1. The Bertz CT molecular complexity index is 1230. The summed E-state index contributed by atoms with van der Waals surface area (Å²) in [7, 11) is -2.73. The van der Waals surface area contributed by atoms with Crippen molar-refractivity contribution in [2.45, 2.75) is 104 Å². The normalized spacial score (nSPS) is 28.4. The van der Waals surface area contributed by atoms with Crippen molar-refractivity contribution in [2.75, 3.05) is 6.16 Å². The number of Topliss-reactive ketones (excluding diaryl/α,β-unsaturated/α-hetero) is 1. The van der Waals surface area contributed by atoms with Gasteiger partial charge in [0.2, 0.25) is 0 Å². The summed E-state index contributed by atoms with van der Waals surface area (Å²) in [6, 6.07) is 19.5. The van der Waals surface area contributed by atoms with E-state index < -0.39 is 13.2 Å². The molecule has 5 heteroatoms. The molecule has 0 amide bonds. The number of aliphatic hydroxyl groups is 1. The number of hydrogen-bond donors (Lipinski definition) is 1. The van der Waals surface area contributed by atoms with Crippen LogP contribution in [0, 0.1) is 29.1 Å². The molecule has 0 aliphatic heterocycles. The second-order valence-corrected chi connectivity index (χ2v) is 16.8. The van der Waals surface area contributed by atoms with Crippen LogP contribution in [-0.2, 0) is 42.1 Å². The van der Waals surface area contributed by atoms with Crippen molar-refractivity contribution in [2.24, 2.45) is 29.1 Å². The molecule has 3 nitrogen and oxygen atoms in total. The summed E-state index contributed by atoms with van der Waals surface area (Å²) in [5, 5.41) is 11.9.